The maximum Gasteiger partial charge on any atom is 0.193 e. The third-order valence-electron chi connectivity index (χ3n) is 4.51. The van der Waals surface area contributed by atoms with Crippen molar-refractivity contribution in [2.75, 3.05) is 32.6 Å². The summed E-state index contributed by atoms with van der Waals surface area (Å²) in [5, 5.41) is 3.19. The van der Waals surface area contributed by atoms with Crippen molar-refractivity contribution >= 4 is 35.6 Å². The van der Waals surface area contributed by atoms with Gasteiger partial charge in [-0.05, 0) is 74.3 Å². The van der Waals surface area contributed by atoms with E-state index in [1.54, 1.807) is 0 Å². The van der Waals surface area contributed by atoms with Crippen LogP contribution < -0.4 is 15.8 Å². The second kappa shape index (κ2) is 10.5. The van der Waals surface area contributed by atoms with Crippen LogP contribution in [0.5, 0.6) is 5.75 Å². The summed E-state index contributed by atoms with van der Waals surface area (Å²) >= 11 is 0. The van der Waals surface area contributed by atoms with Gasteiger partial charge in [0, 0.05) is 12.2 Å². The summed E-state index contributed by atoms with van der Waals surface area (Å²) in [6, 6.07) is 14.4. The van der Waals surface area contributed by atoms with Crippen molar-refractivity contribution in [3.05, 3.63) is 59.2 Å². The molecule has 0 saturated heterocycles. The molecule has 146 valence electrons. The van der Waals surface area contributed by atoms with Crippen LogP contribution in [0.25, 0.3) is 0 Å². The van der Waals surface area contributed by atoms with E-state index in [4.69, 9.17) is 10.5 Å². The molecule has 3 N–H and O–H groups in total. The third kappa shape index (κ3) is 6.70. The van der Waals surface area contributed by atoms with Gasteiger partial charge < -0.3 is 20.7 Å². The Kier molecular flexibility index (Phi) is 8.37. The second-order valence-corrected chi connectivity index (χ2v) is 6.96. The van der Waals surface area contributed by atoms with Gasteiger partial charge in [-0.25, -0.2) is 4.99 Å². The first kappa shape index (κ1) is 21.5. The van der Waals surface area contributed by atoms with E-state index in [9.17, 15) is 0 Å². The maximum absolute atomic E-state index is 6.05. The number of guanidine groups is 1. The number of rotatable bonds is 7. The number of nitrogens with one attached hydrogen (secondary N) is 1. The van der Waals surface area contributed by atoms with E-state index in [1.165, 1.54) is 24.0 Å². The Hall–Kier alpha value is -1.80. The molecular formula is C21H29IN4O. The molecule has 27 heavy (non-hydrogen) atoms. The lowest BCUT2D eigenvalue weighted by atomic mass is 10.1. The van der Waals surface area contributed by atoms with Gasteiger partial charge in [-0.1, -0.05) is 18.2 Å². The molecule has 6 heteroatoms. The molecule has 0 atom stereocenters. The van der Waals surface area contributed by atoms with Crippen LogP contribution in [0.15, 0.2) is 47.5 Å². The predicted octanol–water partition coefficient (Wildman–Crippen LogP) is 3.66. The van der Waals surface area contributed by atoms with Crippen molar-refractivity contribution in [1.29, 1.82) is 0 Å². The van der Waals surface area contributed by atoms with Crippen LogP contribution in [0.3, 0.4) is 0 Å². The number of likely N-dealkylation sites (N-methyl/N-ethyl adjacent to an activating group) is 1. The van der Waals surface area contributed by atoms with E-state index < -0.39 is 0 Å². The summed E-state index contributed by atoms with van der Waals surface area (Å²) < 4.78 is 5.77. The summed E-state index contributed by atoms with van der Waals surface area (Å²) in [5.74, 6) is 1.30. The molecule has 3 rings (SSSR count). The lowest BCUT2D eigenvalue weighted by Crippen LogP contribution is -2.22. The minimum absolute atomic E-state index is 0. The van der Waals surface area contributed by atoms with Crippen LogP contribution in [-0.2, 0) is 19.4 Å². The Morgan fingerprint density at radius 1 is 1.15 bits per heavy atom. The molecule has 2 aromatic carbocycles. The number of nitrogens with two attached hydrogens (primary N) is 1. The summed E-state index contributed by atoms with van der Waals surface area (Å²) in [6.45, 7) is 2.08. The average Bonchev–Trinajstić information content (AvgIpc) is 3.08. The maximum atomic E-state index is 6.05. The number of nitrogens with zero attached hydrogens (tertiary/aromatic N) is 2. The number of hydrogen-bond acceptors (Lipinski definition) is 3. The molecule has 0 spiro atoms. The quantitative estimate of drug-likeness (QED) is 0.361. The van der Waals surface area contributed by atoms with Crippen molar-refractivity contribution in [1.82, 2.24) is 4.90 Å². The number of benzene rings is 2. The normalized spacial score (nSPS) is 13.2. The molecule has 0 bridgehead atoms. The first-order chi connectivity index (χ1) is 12.6. The zero-order chi connectivity index (χ0) is 18.4. The molecule has 0 amide bonds. The Bertz CT molecular complexity index is 777. The summed E-state index contributed by atoms with van der Waals surface area (Å²) in [7, 11) is 4.07. The number of hydrogen-bond donors (Lipinski definition) is 2. The number of aryl methyl sites for hydroxylation is 2. The Morgan fingerprint density at radius 3 is 2.78 bits per heavy atom. The van der Waals surface area contributed by atoms with Crippen molar-refractivity contribution in [2.24, 2.45) is 10.7 Å². The fourth-order valence-electron chi connectivity index (χ4n) is 3.09. The lowest BCUT2D eigenvalue weighted by molar-refractivity contribution is 0.261. The van der Waals surface area contributed by atoms with Crippen molar-refractivity contribution in [2.45, 2.75) is 25.8 Å². The first-order valence-electron chi connectivity index (χ1n) is 9.15. The highest BCUT2D eigenvalue weighted by atomic mass is 127. The van der Waals surface area contributed by atoms with Crippen LogP contribution in [0.4, 0.5) is 5.69 Å². The summed E-state index contributed by atoms with van der Waals surface area (Å²) in [5.41, 5.74) is 11.0. The minimum atomic E-state index is 0. The van der Waals surface area contributed by atoms with E-state index in [1.807, 2.05) is 38.4 Å². The van der Waals surface area contributed by atoms with Crippen molar-refractivity contribution in [3.8, 4) is 5.75 Å². The average molecular weight is 480 g/mol. The van der Waals surface area contributed by atoms with Crippen molar-refractivity contribution in [3.63, 3.8) is 0 Å². The highest BCUT2D eigenvalue weighted by Gasteiger charge is 2.10. The highest BCUT2D eigenvalue weighted by molar-refractivity contribution is 14.0. The molecule has 0 radical (unpaired) electrons. The van der Waals surface area contributed by atoms with Gasteiger partial charge in [0.25, 0.3) is 0 Å². The Balaban J connectivity index is 0.00000261. The number of aliphatic imine (C=N–C) groups is 1. The fourth-order valence-corrected chi connectivity index (χ4v) is 3.09. The van der Waals surface area contributed by atoms with Gasteiger partial charge in [0.1, 0.15) is 12.4 Å². The van der Waals surface area contributed by atoms with E-state index in [0.717, 1.165) is 30.0 Å². The van der Waals surface area contributed by atoms with E-state index in [0.29, 0.717) is 19.1 Å². The van der Waals surface area contributed by atoms with Gasteiger partial charge >= 0.3 is 0 Å². The standard InChI is InChI=1S/C21H28N4O.HI/c1-25(2)11-12-26-20-8-3-5-16(13-20)15-23-21(22)24-19-10-9-17-6-4-7-18(17)14-19;/h3,5,8-10,13-14H,4,6-7,11-12,15H2,1-2H3,(H3,22,23,24);1H. The number of halogens is 1. The molecule has 0 heterocycles. The van der Waals surface area contributed by atoms with Crippen LogP contribution in [0, 0.1) is 0 Å². The first-order valence-corrected chi connectivity index (χ1v) is 9.15. The van der Waals surface area contributed by atoms with E-state index in [2.05, 4.69) is 33.4 Å². The van der Waals surface area contributed by atoms with Gasteiger partial charge in [0.05, 0.1) is 6.54 Å². The van der Waals surface area contributed by atoms with E-state index in [-0.39, 0.29) is 24.0 Å². The Morgan fingerprint density at radius 2 is 1.96 bits per heavy atom. The molecular weight excluding hydrogens is 451 g/mol. The van der Waals surface area contributed by atoms with Gasteiger partial charge in [-0.2, -0.15) is 0 Å². The fraction of sp³-hybridized carbons (Fsp3) is 0.381. The van der Waals surface area contributed by atoms with Crippen molar-refractivity contribution < 1.29 is 4.74 Å². The van der Waals surface area contributed by atoms with Gasteiger partial charge in [-0.15, -0.1) is 24.0 Å². The number of anilines is 1. The molecule has 0 aromatic heterocycles. The van der Waals surface area contributed by atoms with Gasteiger partial charge in [0.2, 0.25) is 0 Å². The van der Waals surface area contributed by atoms with Crippen LogP contribution in [0.2, 0.25) is 0 Å². The molecule has 0 fully saturated rings. The molecule has 0 unspecified atom stereocenters. The highest BCUT2D eigenvalue weighted by Crippen LogP contribution is 2.24. The molecule has 1 aliphatic rings. The minimum Gasteiger partial charge on any atom is -0.492 e. The second-order valence-electron chi connectivity index (χ2n) is 6.96. The largest absolute Gasteiger partial charge is 0.492 e. The third-order valence-corrected chi connectivity index (χ3v) is 4.51. The van der Waals surface area contributed by atoms with Crippen LogP contribution in [-0.4, -0.2) is 38.1 Å². The van der Waals surface area contributed by atoms with Crippen LogP contribution in [0.1, 0.15) is 23.1 Å². The monoisotopic (exact) mass is 480 g/mol. The molecule has 0 saturated carbocycles. The lowest BCUT2D eigenvalue weighted by Gasteiger charge is -2.11. The van der Waals surface area contributed by atoms with Crippen LogP contribution >= 0.6 is 24.0 Å². The zero-order valence-corrected chi connectivity index (χ0v) is 18.4. The molecule has 5 nitrogen and oxygen atoms in total. The van der Waals surface area contributed by atoms with E-state index >= 15 is 0 Å². The van der Waals surface area contributed by atoms with Gasteiger partial charge in [0.15, 0.2) is 5.96 Å². The smallest absolute Gasteiger partial charge is 0.193 e. The number of fused-ring (bicyclic) bond motifs is 1. The SMILES string of the molecule is CN(C)CCOc1cccc(CN=C(N)Nc2ccc3c(c2)CCC3)c1.I. The summed E-state index contributed by atoms with van der Waals surface area (Å²) in [4.78, 5) is 6.55. The molecule has 2 aromatic rings. The molecule has 0 aliphatic heterocycles. The number of ether oxygens (including phenoxy) is 1. The summed E-state index contributed by atoms with van der Waals surface area (Å²) in [6.07, 6.45) is 3.59. The predicted molar refractivity (Wildman–Crippen MR) is 123 cm³/mol. The van der Waals surface area contributed by atoms with Gasteiger partial charge in [-0.3, -0.25) is 0 Å². The Labute approximate surface area is 179 Å². The zero-order valence-electron chi connectivity index (χ0n) is 16.1. The topological polar surface area (TPSA) is 62.9 Å². The molecule has 1 aliphatic carbocycles.